The molecular weight excluding hydrogens is 328 g/mol. The van der Waals surface area contributed by atoms with Gasteiger partial charge >= 0.3 is 0 Å². The molecule has 0 radical (unpaired) electrons. The molecule has 0 aliphatic rings. The number of carbonyl (C=O) groups excluding carboxylic acids is 1. The van der Waals surface area contributed by atoms with Crippen LogP contribution in [0.3, 0.4) is 0 Å². The predicted octanol–water partition coefficient (Wildman–Crippen LogP) is 3.92. The van der Waals surface area contributed by atoms with E-state index in [-0.39, 0.29) is 5.91 Å². The van der Waals surface area contributed by atoms with Crippen molar-refractivity contribution in [2.45, 2.75) is 20.4 Å². The number of hydrogen-bond acceptors (Lipinski definition) is 2. The second-order valence-electron chi connectivity index (χ2n) is 5.32. The lowest BCUT2D eigenvalue weighted by atomic mass is 10.1. The molecule has 0 bridgehead atoms. The monoisotopic (exact) mass is 346 g/mol. The minimum atomic E-state index is -0.0259. The van der Waals surface area contributed by atoms with Crippen LogP contribution in [0.1, 0.15) is 27.0 Å². The summed E-state index contributed by atoms with van der Waals surface area (Å²) in [6.07, 6.45) is 0. The van der Waals surface area contributed by atoms with Crippen LogP contribution in [-0.2, 0) is 6.54 Å². The third-order valence-electron chi connectivity index (χ3n) is 3.49. The van der Waals surface area contributed by atoms with Gasteiger partial charge in [-0.15, -0.1) is 0 Å². The Morgan fingerprint density at radius 2 is 1.95 bits per heavy atom. The second-order valence-corrected chi connectivity index (χ2v) is 6.23. The number of carbonyl (C=O) groups is 1. The summed E-state index contributed by atoms with van der Waals surface area (Å²) in [7, 11) is 1.81. The van der Waals surface area contributed by atoms with Crippen molar-refractivity contribution in [3.05, 3.63) is 63.1 Å². The number of rotatable bonds is 3. The largest absolute Gasteiger partial charge is 0.398 e. The first kappa shape index (κ1) is 15.6. The highest BCUT2D eigenvalue weighted by Crippen LogP contribution is 2.24. The van der Waals surface area contributed by atoms with Crippen molar-refractivity contribution in [3.63, 3.8) is 0 Å². The highest BCUT2D eigenvalue weighted by atomic mass is 79.9. The molecule has 0 fully saturated rings. The van der Waals surface area contributed by atoms with Crippen molar-refractivity contribution in [1.82, 2.24) is 4.90 Å². The number of nitrogens with zero attached hydrogens (tertiary/aromatic N) is 1. The SMILES string of the molecule is Cc1cccc(CN(C)C(=O)c2cc(Br)cc(N)c2C)c1. The maximum absolute atomic E-state index is 12.6. The van der Waals surface area contributed by atoms with E-state index >= 15 is 0 Å². The van der Waals surface area contributed by atoms with Gasteiger partial charge in [-0.05, 0) is 37.1 Å². The lowest BCUT2D eigenvalue weighted by Crippen LogP contribution is -2.27. The lowest BCUT2D eigenvalue weighted by Gasteiger charge is -2.19. The number of halogens is 1. The summed E-state index contributed by atoms with van der Waals surface area (Å²) in [5.41, 5.74) is 10.3. The van der Waals surface area contributed by atoms with Crippen molar-refractivity contribution in [2.24, 2.45) is 0 Å². The van der Waals surface area contributed by atoms with Crippen molar-refractivity contribution in [2.75, 3.05) is 12.8 Å². The number of benzene rings is 2. The minimum Gasteiger partial charge on any atom is -0.398 e. The maximum atomic E-state index is 12.6. The molecule has 0 heterocycles. The Hall–Kier alpha value is -1.81. The van der Waals surface area contributed by atoms with Gasteiger partial charge in [0.25, 0.3) is 5.91 Å². The zero-order chi connectivity index (χ0) is 15.6. The van der Waals surface area contributed by atoms with E-state index in [0.717, 1.165) is 15.6 Å². The van der Waals surface area contributed by atoms with Crippen LogP contribution in [0.5, 0.6) is 0 Å². The van der Waals surface area contributed by atoms with Gasteiger partial charge in [0.1, 0.15) is 0 Å². The number of aryl methyl sites for hydroxylation is 1. The van der Waals surface area contributed by atoms with Crippen molar-refractivity contribution < 1.29 is 4.79 Å². The number of amides is 1. The molecule has 4 heteroatoms. The predicted molar refractivity (Wildman–Crippen MR) is 90.3 cm³/mol. The van der Waals surface area contributed by atoms with E-state index in [9.17, 15) is 4.79 Å². The molecule has 0 spiro atoms. The molecule has 2 N–H and O–H groups in total. The third-order valence-corrected chi connectivity index (χ3v) is 3.95. The van der Waals surface area contributed by atoms with Gasteiger partial charge in [0.2, 0.25) is 0 Å². The Morgan fingerprint density at radius 1 is 1.24 bits per heavy atom. The van der Waals surface area contributed by atoms with Gasteiger partial charge in [-0.3, -0.25) is 4.79 Å². The molecule has 0 aliphatic heterocycles. The van der Waals surface area contributed by atoms with Crippen LogP contribution in [-0.4, -0.2) is 17.9 Å². The molecule has 2 rings (SSSR count). The van der Waals surface area contributed by atoms with E-state index in [1.807, 2.05) is 44.2 Å². The van der Waals surface area contributed by atoms with E-state index in [0.29, 0.717) is 17.8 Å². The molecule has 1 amide bonds. The number of nitrogen functional groups attached to an aromatic ring is 1. The van der Waals surface area contributed by atoms with Crippen LogP contribution < -0.4 is 5.73 Å². The zero-order valence-corrected chi connectivity index (χ0v) is 14.1. The summed E-state index contributed by atoms with van der Waals surface area (Å²) < 4.78 is 0.818. The normalized spacial score (nSPS) is 10.5. The average molecular weight is 347 g/mol. The van der Waals surface area contributed by atoms with Crippen molar-refractivity contribution in [3.8, 4) is 0 Å². The summed E-state index contributed by atoms with van der Waals surface area (Å²) in [6, 6.07) is 11.8. The molecule has 21 heavy (non-hydrogen) atoms. The summed E-state index contributed by atoms with van der Waals surface area (Å²) in [6.45, 7) is 4.49. The molecule has 2 aromatic rings. The van der Waals surface area contributed by atoms with Crippen LogP contribution in [0.25, 0.3) is 0 Å². The topological polar surface area (TPSA) is 46.3 Å². The van der Waals surface area contributed by atoms with Crippen LogP contribution in [0.2, 0.25) is 0 Å². The first-order valence-corrected chi connectivity index (χ1v) is 7.54. The summed E-state index contributed by atoms with van der Waals surface area (Å²) in [5, 5.41) is 0. The quantitative estimate of drug-likeness (QED) is 0.856. The second kappa shape index (κ2) is 6.31. The summed E-state index contributed by atoms with van der Waals surface area (Å²) in [5.74, 6) is -0.0259. The van der Waals surface area contributed by atoms with Crippen molar-refractivity contribution >= 4 is 27.5 Å². The number of hydrogen-bond donors (Lipinski definition) is 1. The van der Waals surface area contributed by atoms with Gasteiger partial charge < -0.3 is 10.6 Å². The molecule has 110 valence electrons. The molecule has 0 atom stereocenters. The molecule has 2 aromatic carbocycles. The molecule has 3 nitrogen and oxygen atoms in total. The van der Waals surface area contributed by atoms with Crippen LogP contribution >= 0.6 is 15.9 Å². The van der Waals surface area contributed by atoms with E-state index in [4.69, 9.17) is 5.73 Å². The van der Waals surface area contributed by atoms with E-state index < -0.39 is 0 Å². The summed E-state index contributed by atoms with van der Waals surface area (Å²) in [4.78, 5) is 14.3. The van der Waals surface area contributed by atoms with Crippen LogP contribution in [0.4, 0.5) is 5.69 Å². The highest BCUT2D eigenvalue weighted by Gasteiger charge is 2.16. The molecule has 0 saturated heterocycles. The molecule has 0 aliphatic carbocycles. The van der Waals surface area contributed by atoms with E-state index in [1.54, 1.807) is 11.9 Å². The van der Waals surface area contributed by atoms with Crippen LogP contribution in [0.15, 0.2) is 40.9 Å². The number of anilines is 1. The lowest BCUT2D eigenvalue weighted by molar-refractivity contribution is 0.0784. The third kappa shape index (κ3) is 3.64. The van der Waals surface area contributed by atoms with Crippen molar-refractivity contribution in [1.29, 1.82) is 0 Å². The minimum absolute atomic E-state index is 0.0259. The Labute approximate surface area is 133 Å². The highest BCUT2D eigenvalue weighted by molar-refractivity contribution is 9.10. The van der Waals surface area contributed by atoms with Gasteiger partial charge in [-0.2, -0.15) is 0 Å². The zero-order valence-electron chi connectivity index (χ0n) is 12.5. The Kier molecular flexibility index (Phi) is 4.68. The molecule has 0 aromatic heterocycles. The fourth-order valence-electron chi connectivity index (χ4n) is 2.28. The first-order valence-electron chi connectivity index (χ1n) is 6.75. The van der Waals surface area contributed by atoms with Gasteiger partial charge in [-0.1, -0.05) is 45.8 Å². The molecule has 0 unspecified atom stereocenters. The average Bonchev–Trinajstić information content (AvgIpc) is 2.42. The summed E-state index contributed by atoms with van der Waals surface area (Å²) >= 11 is 3.39. The smallest absolute Gasteiger partial charge is 0.254 e. The van der Waals surface area contributed by atoms with Gasteiger partial charge in [0.15, 0.2) is 0 Å². The Bertz CT molecular complexity index is 682. The first-order chi connectivity index (χ1) is 9.88. The maximum Gasteiger partial charge on any atom is 0.254 e. The molecule has 0 saturated carbocycles. The fourth-order valence-corrected chi connectivity index (χ4v) is 2.76. The van der Waals surface area contributed by atoms with E-state index in [2.05, 4.69) is 22.0 Å². The van der Waals surface area contributed by atoms with Crippen LogP contribution in [0, 0.1) is 13.8 Å². The van der Waals surface area contributed by atoms with Gasteiger partial charge in [0, 0.05) is 29.3 Å². The number of nitrogens with two attached hydrogens (primary N) is 1. The van der Waals surface area contributed by atoms with Gasteiger partial charge in [-0.25, -0.2) is 0 Å². The Morgan fingerprint density at radius 3 is 2.62 bits per heavy atom. The fraction of sp³-hybridized carbons (Fsp3) is 0.235. The van der Waals surface area contributed by atoms with Gasteiger partial charge in [0.05, 0.1) is 0 Å². The Balaban J connectivity index is 2.24. The standard InChI is InChI=1S/C17H19BrN2O/c1-11-5-4-6-13(7-11)10-20(3)17(21)15-8-14(18)9-16(19)12(15)2/h4-9H,10,19H2,1-3H3. The molecular formula is C17H19BrN2O. The van der Waals surface area contributed by atoms with E-state index in [1.165, 1.54) is 5.56 Å².